The molecule has 5 heteroatoms. The van der Waals surface area contributed by atoms with Crippen LogP contribution in [0.2, 0.25) is 0 Å². The summed E-state index contributed by atoms with van der Waals surface area (Å²) in [6, 6.07) is 0. The highest BCUT2D eigenvalue weighted by Crippen LogP contribution is 2.25. The molecule has 1 aliphatic rings. The number of carbonyl (C=O) groups excluding carboxylic acids is 2. The fourth-order valence-corrected chi connectivity index (χ4v) is 1.56. The Morgan fingerprint density at radius 1 is 1.33 bits per heavy atom. The molecule has 1 heterocycles. The molecule has 0 radical (unpaired) electrons. The summed E-state index contributed by atoms with van der Waals surface area (Å²) in [4.78, 5) is 34.9. The van der Waals surface area contributed by atoms with Crippen LogP contribution in [0.25, 0.3) is 0 Å². The zero-order valence-corrected chi connectivity index (χ0v) is 9.06. The van der Waals surface area contributed by atoms with Crippen molar-refractivity contribution in [1.82, 2.24) is 4.90 Å². The van der Waals surface area contributed by atoms with Gasteiger partial charge < -0.3 is 5.11 Å². The van der Waals surface area contributed by atoms with E-state index >= 15 is 0 Å². The van der Waals surface area contributed by atoms with Crippen LogP contribution in [0.5, 0.6) is 0 Å². The smallest absolute Gasteiger partial charge is 0.308 e. The predicted molar refractivity (Wildman–Crippen MR) is 51.8 cm³/mol. The van der Waals surface area contributed by atoms with Gasteiger partial charge in [-0.2, -0.15) is 0 Å². The van der Waals surface area contributed by atoms with Gasteiger partial charge in [0, 0.05) is 18.4 Å². The maximum absolute atomic E-state index is 11.6. The topological polar surface area (TPSA) is 74.7 Å². The van der Waals surface area contributed by atoms with Gasteiger partial charge in [-0.3, -0.25) is 19.3 Å². The van der Waals surface area contributed by atoms with Gasteiger partial charge in [0.15, 0.2) is 0 Å². The lowest BCUT2D eigenvalue weighted by Crippen LogP contribution is -2.37. The van der Waals surface area contributed by atoms with E-state index in [4.69, 9.17) is 5.11 Å². The van der Waals surface area contributed by atoms with Crippen LogP contribution in [0, 0.1) is 17.8 Å². The molecule has 1 aliphatic heterocycles. The monoisotopic (exact) mass is 213 g/mol. The van der Waals surface area contributed by atoms with E-state index in [0.29, 0.717) is 0 Å². The van der Waals surface area contributed by atoms with Crippen molar-refractivity contribution in [3.8, 4) is 0 Å². The second-order valence-electron chi connectivity index (χ2n) is 4.10. The Kier molecular flexibility index (Phi) is 3.12. The Balaban J connectivity index is 2.75. The molecule has 3 atom stereocenters. The molecule has 15 heavy (non-hydrogen) atoms. The highest BCUT2D eigenvalue weighted by molar-refractivity contribution is 6.04. The van der Waals surface area contributed by atoms with E-state index in [1.807, 2.05) is 0 Å². The molecule has 5 nitrogen and oxygen atoms in total. The molecule has 3 unspecified atom stereocenters. The number of likely N-dealkylation sites (tertiary alicyclic amines) is 1. The van der Waals surface area contributed by atoms with E-state index in [9.17, 15) is 14.4 Å². The molecule has 1 saturated heterocycles. The van der Waals surface area contributed by atoms with Crippen molar-refractivity contribution in [2.75, 3.05) is 6.54 Å². The first kappa shape index (κ1) is 11.7. The molecule has 0 aromatic rings. The number of amides is 2. The number of hydrogen-bond donors (Lipinski definition) is 1. The van der Waals surface area contributed by atoms with Crippen molar-refractivity contribution in [2.45, 2.75) is 20.8 Å². The third kappa shape index (κ3) is 2.00. The largest absolute Gasteiger partial charge is 0.481 e. The third-order valence-electron chi connectivity index (χ3n) is 2.94. The number of rotatable bonds is 3. The van der Waals surface area contributed by atoms with Crippen molar-refractivity contribution in [1.29, 1.82) is 0 Å². The summed E-state index contributed by atoms with van der Waals surface area (Å²) in [5.74, 6) is -2.91. The molecular formula is C10H15NO4. The summed E-state index contributed by atoms with van der Waals surface area (Å²) >= 11 is 0. The lowest BCUT2D eigenvalue weighted by atomic mass is 10.00. The first-order chi connectivity index (χ1) is 6.86. The Bertz CT molecular complexity index is 293. The average molecular weight is 213 g/mol. The van der Waals surface area contributed by atoms with Crippen LogP contribution in [0.1, 0.15) is 20.8 Å². The van der Waals surface area contributed by atoms with Gasteiger partial charge in [-0.05, 0) is 0 Å². The zero-order valence-electron chi connectivity index (χ0n) is 9.06. The van der Waals surface area contributed by atoms with Gasteiger partial charge in [-0.1, -0.05) is 20.8 Å². The molecule has 0 aliphatic carbocycles. The summed E-state index contributed by atoms with van der Waals surface area (Å²) in [6.45, 7) is 4.84. The van der Waals surface area contributed by atoms with Gasteiger partial charge in [-0.15, -0.1) is 0 Å². The van der Waals surface area contributed by atoms with Crippen molar-refractivity contribution in [2.24, 2.45) is 17.8 Å². The second-order valence-corrected chi connectivity index (χ2v) is 4.10. The highest BCUT2D eigenvalue weighted by Gasteiger charge is 2.42. The van der Waals surface area contributed by atoms with Crippen LogP contribution in [0.3, 0.4) is 0 Å². The maximum atomic E-state index is 11.6. The van der Waals surface area contributed by atoms with Gasteiger partial charge in [0.05, 0.1) is 5.92 Å². The lowest BCUT2D eigenvalue weighted by Gasteiger charge is -2.16. The number of carboxylic acid groups (broad SMARTS) is 1. The van der Waals surface area contributed by atoms with Crippen LogP contribution in [0.4, 0.5) is 0 Å². The molecule has 0 spiro atoms. The molecule has 2 amide bonds. The fourth-order valence-electron chi connectivity index (χ4n) is 1.56. The Labute approximate surface area is 88.1 Å². The van der Waals surface area contributed by atoms with Crippen molar-refractivity contribution < 1.29 is 19.5 Å². The quantitative estimate of drug-likeness (QED) is 0.686. The molecule has 0 bridgehead atoms. The van der Waals surface area contributed by atoms with Gasteiger partial charge in [0.1, 0.15) is 0 Å². The van der Waals surface area contributed by atoms with Crippen LogP contribution in [-0.4, -0.2) is 34.3 Å². The molecule has 1 fully saturated rings. The fraction of sp³-hybridized carbons (Fsp3) is 0.700. The van der Waals surface area contributed by atoms with E-state index in [1.54, 1.807) is 13.8 Å². The Morgan fingerprint density at radius 3 is 2.07 bits per heavy atom. The van der Waals surface area contributed by atoms with E-state index in [1.165, 1.54) is 6.92 Å². The first-order valence-electron chi connectivity index (χ1n) is 4.94. The summed E-state index contributed by atoms with van der Waals surface area (Å²) < 4.78 is 0. The highest BCUT2D eigenvalue weighted by atomic mass is 16.4. The van der Waals surface area contributed by atoms with Crippen molar-refractivity contribution >= 4 is 17.8 Å². The summed E-state index contributed by atoms with van der Waals surface area (Å²) in [7, 11) is 0. The molecule has 1 rings (SSSR count). The Hall–Kier alpha value is -1.39. The molecular weight excluding hydrogens is 198 g/mol. The van der Waals surface area contributed by atoms with Crippen LogP contribution in [-0.2, 0) is 14.4 Å². The van der Waals surface area contributed by atoms with Gasteiger partial charge in [-0.25, -0.2) is 0 Å². The average Bonchev–Trinajstić information content (AvgIpc) is 2.35. The minimum atomic E-state index is -0.997. The first-order valence-corrected chi connectivity index (χ1v) is 4.94. The minimum absolute atomic E-state index is 0.0261. The molecule has 0 aromatic heterocycles. The number of carbonyl (C=O) groups is 3. The standard InChI is InChI=1S/C10H15NO4/c1-5(10(14)15)4-11-8(12)6(2)7(3)9(11)13/h5-7H,4H2,1-3H3,(H,14,15). The number of carboxylic acids is 1. The van der Waals surface area contributed by atoms with Crippen LogP contribution >= 0.6 is 0 Å². The summed E-state index contributed by atoms with van der Waals surface area (Å²) in [6.07, 6.45) is 0. The molecule has 0 saturated carbocycles. The predicted octanol–water partition coefficient (Wildman–Crippen LogP) is 0.348. The van der Waals surface area contributed by atoms with Gasteiger partial charge >= 0.3 is 5.97 Å². The summed E-state index contributed by atoms with van der Waals surface area (Å²) in [5, 5.41) is 8.70. The van der Waals surface area contributed by atoms with E-state index in [-0.39, 0.29) is 30.2 Å². The molecule has 1 N–H and O–H groups in total. The van der Waals surface area contributed by atoms with E-state index in [0.717, 1.165) is 4.90 Å². The number of imide groups is 1. The lowest BCUT2D eigenvalue weighted by molar-refractivity contribution is -0.145. The minimum Gasteiger partial charge on any atom is -0.481 e. The van der Waals surface area contributed by atoms with Gasteiger partial charge in [0.2, 0.25) is 11.8 Å². The van der Waals surface area contributed by atoms with E-state index in [2.05, 4.69) is 0 Å². The third-order valence-corrected chi connectivity index (χ3v) is 2.94. The van der Waals surface area contributed by atoms with Crippen molar-refractivity contribution in [3.63, 3.8) is 0 Å². The number of hydrogen-bond acceptors (Lipinski definition) is 3. The number of nitrogens with zero attached hydrogens (tertiary/aromatic N) is 1. The van der Waals surface area contributed by atoms with Crippen LogP contribution in [0.15, 0.2) is 0 Å². The Morgan fingerprint density at radius 2 is 1.73 bits per heavy atom. The normalized spacial score (nSPS) is 28.3. The summed E-state index contributed by atoms with van der Waals surface area (Å²) in [5.41, 5.74) is 0. The van der Waals surface area contributed by atoms with Gasteiger partial charge in [0.25, 0.3) is 0 Å². The van der Waals surface area contributed by atoms with Crippen molar-refractivity contribution in [3.05, 3.63) is 0 Å². The molecule has 0 aromatic carbocycles. The maximum Gasteiger partial charge on any atom is 0.308 e. The SMILES string of the molecule is CC(CN1C(=O)C(C)C(C)C1=O)C(=O)O. The van der Waals surface area contributed by atoms with E-state index < -0.39 is 11.9 Å². The molecule has 84 valence electrons. The second kappa shape index (κ2) is 4.00. The number of aliphatic carboxylic acids is 1. The zero-order chi connectivity index (χ0) is 11.7. The van der Waals surface area contributed by atoms with Crippen LogP contribution < -0.4 is 0 Å².